The molecular weight excluding hydrogens is 268 g/mol. The summed E-state index contributed by atoms with van der Waals surface area (Å²) in [6.07, 6.45) is 0. The molecule has 0 unspecified atom stereocenters. The fourth-order valence-corrected chi connectivity index (χ4v) is 2.90. The first kappa shape index (κ1) is 13.4. The smallest absolute Gasteiger partial charge is 0.240 e. The van der Waals surface area contributed by atoms with Crippen molar-refractivity contribution in [2.24, 2.45) is 0 Å². The number of para-hydroxylation sites is 1. The van der Waals surface area contributed by atoms with Crippen molar-refractivity contribution in [1.82, 2.24) is 0 Å². The van der Waals surface area contributed by atoms with Crippen molar-refractivity contribution in [3.8, 4) is 5.75 Å². The summed E-state index contributed by atoms with van der Waals surface area (Å²) in [5.41, 5.74) is 2.83. The van der Waals surface area contributed by atoms with Gasteiger partial charge >= 0.3 is 0 Å². The van der Waals surface area contributed by atoms with Gasteiger partial charge in [0.15, 0.2) is 0 Å². The van der Waals surface area contributed by atoms with Gasteiger partial charge in [-0.05, 0) is 29.3 Å². The summed E-state index contributed by atoms with van der Waals surface area (Å²) in [5, 5.41) is 14.6. The lowest BCUT2D eigenvalue weighted by molar-refractivity contribution is -0.521. The summed E-state index contributed by atoms with van der Waals surface area (Å²) in [4.78, 5) is 11.2. The summed E-state index contributed by atoms with van der Waals surface area (Å²) < 4.78 is 5.24. The molecule has 5 heteroatoms. The average molecular weight is 284 g/mol. The Labute approximate surface area is 122 Å². The molecule has 0 spiro atoms. The largest absolute Gasteiger partial charge is 0.497 e. The van der Waals surface area contributed by atoms with E-state index in [9.17, 15) is 10.1 Å². The van der Waals surface area contributed by atoms with E-state index >= 15 is 0 Å². The lowest BCUT2D eigenvalue weighted by atomic mass is 9.82. The second-order valence-corrected chi connectivity index (χ2v) is 5.08. The van der Waals surface area contributed by atoms with Crippen LogP contribution in [0.3, 0.4) is 0 Å². The predicted octanol–water partition coefficient (Wildman–Crippen LogP) is 2.90. The number of benzene rings is 2. The molecule has 0 aromatic heterocycles. The van der Waals surface area contributed by atoms with Gasteiger partial charge in [0.2, 0.25) is 6.04 Å². The minimum Gasteiger partial charge on any atom is -0.497 e. The van der Waals surface area contributed by atoms with Gasteiger partial charge in [0, 0.05) is 10.6 Å². The quantitative estimate of drug-likeness (QED) is 0.695. The molecule has 1 aliphatic rings. The molecule has 0 fully saturated rings. The predicted molar refractivity (Wildman–Crippen MR) is 80.6 cm³/mol. The molecule has 21 heavy (non-hydrogen) atoms. The summed E-state index contributed by atoms with van der Waals surface area (Å²) >= 11 is 0. The molecule has 0 radical (unpaired) electrons. The van der Waals surface area contributed by atoms with E-state index in [1.807, 2.05) is 48.5 Å². The van der Waals surface area contributed by atoms with E-state index in [1.54, 1.807) is 7.11 Å². The monoisotopic (exact) mass is 284 g/mol. The molecule has 5 nitrogen and oxygen atoms in total. The van der Waals surface area contributed by atoms with Crippen LogP contribution in [-0.4, -0.2) is 24.6 Å². The van der Waals surface area contributed by atoms with E-state index in [-0.39, 0.29) is 10.8 Å². The zero-order valence-electron chi connectivity index (χ0n) is 11.7. The molecule has 0 saturated carbocycles. The van der Waals surface area contributed by atoms with E-state index in [2.05, 4.69) is 5.32 Å². The summed E-state index contributed by atoms with van der Waals surface area (Å²) in [6.45, 7) is 0.325. The Balaban J connectivity index is 2.12. The lowest BCUT2D eigenvalue weighted by Crippen LogP contribution is -2.39. The number of ether oxygens (including phenoxy) is 1. The number of fused-ring (bicyclic) bond motifs is 1. The van der Waals surface area contributed by atoms with Crippen molar-refractivity contribution in [2.45, 2.75) is 12.0 Å². The van der Waals surface area contributed by atoms with E-state index in [4.69, 9.17) is 4.74 Å². The van der Waals surface area contributed by atoms with Crippen molar-refractivity contribution in [3.63, 3.8) is 0 Å². The highest BCUT2D eigenvalue weighted by Crippen LogP contribution is 2.38. The van der Waals surface area contributed by atoms with Crippen molar-refractivity contribution in [2.75, 3.05) is 19.0 Å². The normalized spacial score (nSPS) is 20.2. The minimum absolute atomic E-state index is 0.201. The Bertz CT molecular complexity index is 672. The third-order valence-electron chi connectivity index (χ3n) is 3.91. The maximum atomic E-state index is 11.4. The van der Waals surface area contributed by atoms with Gasteiger partial charge in [0.25, 0.3) is 0 Å². The van der Waals surface area contributed by atoms with Gasteiger partial charge in [-0.25, -0.2) is 0 Å². The van der Waals surface area contributed by atoms with Crippen LogP contribution in [0.25, 0.3) is 0 Å². The molecule has 0 aliphatic carbocycles. The fraction of sp³-hybridized carbons (Fsp3) is 0.250. The number of hydrogen-bond acceptors (Lipinski definition) is 4. The number of anilines is 1. The summed E-state index contributed by atoms with van der Waals surface area (Å²) in [7, 11) is 1.60. The Hall–Kier alpha value is -2.56. The molecule has 2 aromatic carbocycles. The summed E-state index contributed by atoms with van der Waals surface area (Å²) in [6, 6.07) is 14.6. The lowest BCUT2D eigenvalue weighted by Gasteiger charge is -2.29. The molecule has 1 heterocycles. The first-order valence-corrected chi connectivity index (χ1v) is 6.81. The molecule has 2 atom stereocenters. The van der Waals surface area contributed by atoms with Crippen molar-refractivity contribution >= 4 is 5.69 Å². The van der Waals surface area contributed by atoms with Crippen LogP contribution in [-0.2, 0) is 0 Å². The Morgan fingerprint density at radius 1 is 1.24 bits per heavy atom. The molecule has 0 bridgehead atoms. The second kappa shape index (κ2) is 5.44. The minimum atomic E-state index is -0.688. The van der Waals surface area contributed by atoms with E-state index in [1.165, 1.54) is 0 Å². The third-order valence-corrected chi connectivity index (χ3v) is 3.91. The first-order chi connectivity index (χ1) is 10.2. The number of methoxy groups -OCH3 is 1. The van der Waals surface area contributed by atoms with Gasteiger partial charge in [-0.1, -0.05) is 30.3 Å². The topological polar surface area (TPSA) is 64.4 Å². The van der Waals surface area contributed by atoms with Crippen LogP contribution in [0.2, 0.25) is 0 Å². The van der Waals surface area contributed by atoms with E-state index in [0.29, 0.717) is 12.3 Å². The maximum absolute atomic E-state index is 11.4. The van der Waals surface area contributed by atoms with Gasteiger partial charge in [-0.3, -0.25) is 10.1 Å². The standard InChI is InChI=1S/C16H16N2O3/c1-21-12-6-4-5-11(9-12)16-13-7-2-3-8-14(13)17-10-15(16)18(19)20/h2-9,15-17H,10H2,1H3/t15-,16-/m1/s1. The highest BCUT2D eigenvalue weighted by atomic mass is 16.6. The van der Waals surface area contributed by atoms with Gasteiger partial charge in [-0.15, -0.1) is 0 Å². The molecule has 0 amide bonds. The van der Waals surface area contributed by atoms with Crippen LogP contribution in [0.4, 0.5) is 5.69 Å². The maximum Gasteiger partial charge on any atom is 0.240 e. The number of rotatable bonds is 3. The molecule has 108 valence electrons. The fourth-order valence-electron chi connectivity index (χ4n) is 2.90. The van der Waals surface area contributed by atoms with Gasteiger partial charge in [0.05, 0.1) is 19.6 Å². The SMILES string of the molecule is COc1cccc([C@@H]2c3ccccc3NC[C@H]2[N+](=O)[O-])c1. The van der Waals surface area contributed by atoms with Crippen LogP contribution in [0.1, 0.15) is 17.0 Å². The number of nitro groups is 1. The van der Waals surface area contributed by atoms with Gasteiger partial charge < -0.3 is 10.1 Å². The Morgan fingerprint density at radius 2 is 2.05 bits per heavy atom. The molecule has 2 aromatic rings. The third kappa shape index (κ3) is 2.42. The Morgan fingerprint density at radius 3 is 2.81 bits per heavy atom. The zero-order valence-corrected chi connectivity index (χ0v) is 11.7. The van der Waals surface area contributed by atoms with Crippen molar-refractivity contribution in [1.29, 1.82) is 0 Å². The molecule has 1 aliphatic heterocycles. The second-order valence-electron chi connectivity index (χ2n) is 5.08. The van der Waals surface area contributed by atoms with Crippen LogP contribution >= 0.6 is 0 Å². The van der Waals surface area contributed by atoms with Crippen LogP contribution in [0.15, 0.2) is 48.5 Å². The van der Waals surface area contributed by atoms with Crippen LogP contribution in [0, 0.1) is 10.1 Å². The van der Waals surface area contributed by atoms with E-state index in [0.717, 1.165) is 16.8 Å². The molecular formula is C16H16N2O3. The first-order valence-electron chi connectivity index (χ1n) is 6.81. The summed E-state index contributed by atoms with van der Waals surface area (Å²) in [5.74, 6) is 0.443. The highest BCUT2D eigenvalue weighted by Gasteiger charge is 2.38. The number of nitrogens with one attached hydrogen (secondary N) is 1. The van der Waals surface area contributed by atoms with Crippen LogP contribution in [0.5, 0.6) is 5.75 Å². The molecule has 3 rings (SSSR count). The number of hydrogen-bond donors (Lipinski definition) is 1. The molecule has 1 N–H and O–H groups in total. The van der Waals surface area contributed by atoms with Crippen molar-refractivity contribution < 1.29 is 9.66 Å². The van der Waals surface area contributed by atoms with Crippen molar-refractivity contribution in [3.05, 3.63) is 69.8 Å². The highest BCUT2D eigenvalue weighted by molar-refractivity contribution is 5.58. The Kier molecular flexibility index (Phi) is 3.48. The zero-order chi connectivity index (χ0) is 14.8. The van der Waals surface area contributed by atoms with Gasteiger partial charge in [-0.2, -0.15) is 0 Å². The average Bonchev–Trinajstić information content (AvgIpc) is 2.53. The molecule has 0 saturated heterocycles. The van der Waals surface area contributed by atoms with E-state index < -0.39 is 6.04 Å². The van der Waals surface area contributed by atoms with Gasteiger partial charge in [0.1, 0.15) is 5.75 Å². The van der Waals surface area contributed by atoms with Crippen LogP contribution < -0.4 is 10.1 Å². The number of nitrogens with zero attached hydrogens (tertiary/aromatic N) is 1.